The predicted molar refractivity (Wildman–Crippen MR) is 86.1 cm³/mol. The number of nitrogens with one attached hydrogen (secondary N) is 1. The van der Waals surface area contributed by atoms with E-state index < -0.39 is 0 Å². The van der Waals surface area contributed by atoms with Gasteiger partial charge in [0, 0.05) is 24.7 Å². The highest BCUT2D eigenvalue weighted by Crippen LogP contribution is 2.13. The van der Waals surface area contributed by atoms with Crippen LogP contribution in [0.25, 0.3) is 0 Å². The average Bonchev–Trinajstić information content (AvgIpc) is 3.08. The van der Waals surface area contributed by atoms with Crippen molar-refractivity contribution in [2.24, 2.45) is 0 Å². The second-order valence-corrected chi connectivity index (χ2v) is 5.95. The van der Waals surface area contributed by atoms with E-state index in [1.54, 1.807) is 4.90 Å². The maximum absolute atomic E-state index is 12.3. The molecule has 0 unspecified atom stereocenters. The molecule has 1 saturated heterocycles. The van der Waals surface area contributed by atoms with Gasteiger partial charge in [0.1, 0.15) is 12.9 Å². The molecule has 2 amide bonds. The monoisotopic (exact) mass is 328 g/mol. The number of nitrogens with zero attached hydrogens (tertiary/aromatic N) is 5. The minimum atomic E-state index is -0.0495. The fourth-order valence-electron chi connectivity index (χ4n) is 2.86. The van der Waals surface area contributed by atoms with E-state index in [2.05, 4.69) is 20.8 Å². The van der Waals surface area contributed by atoms with E-state index in [4.69, 9.17) is 0 Å². The molecule has 8 nitrogen and oxygen atoms in total. The van der Waals surface area contributed by atoms with Crippen molar-refractivity contribution in [2.75, 3.05) is 13.1 Å². The predicted octanol–water partition coefficient (Wildman–Crippen LogP) is 0.403. The summed E-state index contributed by atoms with van der Waals surface area (Å²) in [7, 11) is 0. The van der Waals surface area contributed by atoms with Crippen LogP contribution >= 0.6 is 0 Å². The molecule has 0 bridgehead atoms. The molecule has 1 aliphatic rings. The van der Waals surface area contributed by atoms with Crippen LogP contribution in [0.5, 0.6) is 0 Å². The van der Waals surface area contributed by atoms with E-state index in [0.717, 1.165) is 18.4 Å². The van der Waals surface area contributed by atoms with Gasteiger partial charge in [-0.25, -0.2) is 4.68 Å². The van der Waals surface area contributed by atoms with Crippen molar-refractivity contribution in [3.63, 3.8) is 0 Å². The van der Waals surface area contributed by atoms with Gasteiger partial charge in [0.25, 0.3) is 5.91 Å². The number of benzene rings is 1. The van der Waals surface area contributed by atoms with Gasteiger partial charge in [-0.3, -0.25) is 9.59 Å². The van der Waals surface area contributed by atoms with Gasteiger partial charge < -0.3 is 10.2 Å². The summed E-state index contributed by atoms with van der Waals surface area (Å²) >= 11 is 0. The first-order valence-corrected chi connectivity index (χ1v) is 7.98. The van der Waals surface area contributed by atoms with E-state index in [-0.39, 0.29) is 24.4 Å². The van der Waals surface area contributed by atoms with Gasteiger partial charge in [0.05, 0.1) is 0 Å². The molecule has 0 aliphatic carbocycles. The Balaban J connectivity index is 1.49. The molecule has 24 heavy (non-hydrogen) atoms. The van der Waals surface area contributed by atoms with Gasteiger partial charge in [0.2, 0.25) is 5.91 Å². The largest absolute Gasteiger partial charge is 0.349 e. The molecule has 1 fully saturated rings. The molecular weight excluding hydrogens is 308 g/mol. The van der Waals surface area contributed by atoms with Crippen molar-refractivity contribution in [1.29, 1.82) is 0 Å². The highest BCUT2D eigenvalue weighted by molar-refractivity contribution is 5.95. The number of hydrogen-bond acceptors (Lipinski definition) is 5. The number of tetrazole rings is 1. The van der Waals surface area contributed by atoms with E-state index in [0.29, 0.717) is 18.7 Å². The number of piperidine rings is 1. The molecule has 2 heterocycles. The molecule has 0 atom stereocenters. The number of likely N-dealkylation sites (tertiary alicyclic amines) is 1. The van der Waals surface area contributed by atoms with E-state index in [1.807, 2.05) is 31.2 Å². The average molecular weight is 328 g/mol. The summed E-state index contributed by atoms with van der Waals surface area (Å²) in [5, 5.41) is 13.8. The van der Waals surface area contributed by atoms with Crippen molar-refractivity contribution in [3.8, 4) is 0 Å². The second kappa shape index (κ2) is 7.20. The lowest BCUT2D eigenvalue weighted by atomic mass is 10.0. The van der Waals surface area contributed by atoms with E-state index in [9.17, 15) is 9.59 Å². The lowest BCUT2D eigenvalue weighted by molar-refractivity contribution is -0.133. The number of carbonyl (C=O) groups excluding carboxylic acids is 2. The smallest absolute Gasteiger partial charge is 0.251 e. The third kappa shape index (κ3) is 3.76. The van der Waals surface area contributed by atoms with Gasteiger partial charge in [-0.05, 0) is 41.8 Å². The summed E-state index contributed by atoms with van der Waals surface area (Å²) < 4.78 is 1.41. The van der Waals surface area contributed by atoms with Crippen molar-refractivity contribution in [1.82, 2.24) is 30.4 Å². The third-order valence-corrected chi connectivity index (χ3v) is 4.26. The molecule has 0 radical (unpaired) electrons. The normalized spacial score (nSPS) is 15.3. The zero-order valence-electron chi connectivity index (χ0n) is 13.6. The highest BCUT2D eigenvalue weighted by Gasteiger charge is 2.24. The van der Waals surface area contributed by atoms with Crippen LogP contribution in [0.15, 0.2) is 30.6 Å². The molecule has 0 saturated carbocycles. The van der Waals surface area contributed by atoms with Crippen molar-refractivity contribution in [3.05, 3.63) is 41.7 Å². The van der Waals surface area contributed by atoms with Gasteiger partial charge in [-0.1, -0.05) is 18.2 Å². The van der Waals surface area contributed by atoms with Crippen molar-refractivity contribution in [2.45, 2.75) is 32.4 Å². The molecular formula is C16H20N6O2. The molecule has 0 spiro atoms. The minimum Gasteiger partial charge on any atom is -0.349 e. The Bertz CT molecular complexity index is 707. The first kappa shape index (κ1) is 16.1. The van der Waals surface area contributed by atoms with Gasteiger partial charge in [-0.2, -0.15) is 0 Å². The standard InChI is InChI=1S/C16H20N6O2/c1-12-4-2-3-5-14(12)16(24)18-13-6-8-21(9-7-13)15(23)10-22-11-17-19-20-22/h2-5,11,13H,6-10H2,1H3,(H,18,24). The topological polar surface area (TPSA) is 93.0 Å². The number of rotatable bonds is 4. The van der Waals surface area contributed by atoms with Gasteiger partial charge in [0.15, 0.2) is 0 Å². The maximum atomic E-state index is 12.3. The van der Waals surface area contributed by atoms with Crippen LogP contribution in [0, 0.1) is 6.92 Å². The Hall–Kier alpha value is -2.77. The molecule has 1 N–H and O–H groups in total. The lowest BCUT2D eigenvalue weighted by Gasteiger charge is -2.32. The SMILES string of the molecule is Cc1ccccc1C(=O)NC1CCN(C(=O)Cn2cnnn2)CC1. The van der Waals surface area contributed by atoms with Crippen LogP contribution in [-0.4, -0.2) is 56.1 Å². The summed E-state index contributed by atoms with van der Waals surface area (Å²) in [4.78, 5) is 26.3. The van der Waals surface area contributed by atoms with Crippen LogP contribution in [0.1, 0.15) is 28.8 Å². The summed E-state index contributed by atoms with van der Waals surface area (Å²) in [6.45, 7) is 3.32. The Kier molecular flexibility index (Phi) is 4.83. The molecule has 126 valence electrons. The van der Waals surface area contributed by atoms with Crippen LogP contribution < -0.4 is 5.32 Å². The summed E-state index contributed by atoms with van der Waals surface area (Å²) in [6.07, 6.45) is 2.92. The van der Waals surface area contributed by atoms with E-state index in [1.165, 1.54) is 11.0 Å². The zero-order chi connectivity index (χ0) is 16.9. The lowest BCUT2D eigenvalue weighted by Crippen LogP contribution is -2.47. The van der Waals surface area contributed by atoms with Gasteiger partial charge >= 0.3 is 0 Å². The van der Waals surface area contributed by atoms with E-state index >= 15 is 0 Å². The minimum absolute atomic E-state index is 0.00835. The summed E-state index contributed by atoms with van der Waals surface area (Å²) in [5.41, 5.74) is 1.67. The highest BCUT2D eigenvalue weighted by atomic mass is 16.2. The first-order chi connectivity index (χ1) is 11.6. The number of amides is 2. The molecule has 1 aromatic heterocycles. The summed E-state index contributed by atoms with van der Waals surface area (Å²) in [5.74, 6) is -0.0578. The fourth-order valence-corrected chi connectivity index (χ4v) is 2.86. The molecule has 1 aromatic carbocycles. The van der Waals surface area contributed by atoms with Crippen LogP contribution in [0.4, 0.5) is 0 Å². The molecule has 2 aromatic rings. The third-order valence-electron chi connectivity index (χ3n) is 4.26. The molecule has 8 heteroatoms. The Labute approximate surface area is 139 Å². The number of aromatic nitrogens is 4. The Morgan fingerprint density at radius 3 is 2.67 bits per heavy atom. The molecule has 1 aliphatic heterocycles. The van der Waals surface area contributed by atoms with Crippen molar-refractivity contribution >= 4 is 11.8 Å². The van der Waals surface area contributed by atoms with Crippen LogP contribution in [0.2, 0.25) is 0 Å². The Morgan fingerprint density at radius 1 is 1.25 bits per heavy atom. The van der Waals surface area contributed by atoms with Crippen LogP contribution in [-0.2, 0) is 11.3 Å². The van der Waals surface area contributed by atoms with Crippen molar-refractivity contribution < 1.29 is 9.59 Å². The molecule has 3 rings (SSSR count). The summed E-state index contributed by atoms with van der Waals surface area (Å²) in [6, 6.07) is 7.63. The number of carbonyl (C=O) groups is 2. The van der Waals surface area contributed by atoms with Crippen LogP contribution in [0.3, 0.4) is 0 Å². The maximum Gasteiger partial charge on any atom is 0.251 e. The van der Waals surface area contributed by atoms with Gasteiger partial charge in [-0.15, -0.1) is 5.10 Å². The Morgan fingerprint density at radius 2 is 2.00 bits per heavy atom. The zero-order valence-corrected chi connectivity index (χ0v) is 13.6. The first-order valence-electron chi connectivity index (χ1n) is 7.98. The second-order valence-electron chi connectivity index (χ2n) is 5.95. The number of aryl methyl sites for hydroxylation is 1. The quantitative estimate of drug-likeness (QED) is 0.877. The fraction of sp³-hybridized carbons (Fsp3) is 0.438. The number of hydrogen-bond donors (Lipinski definition) is 1.